The first kappa shape index (κ1) is 19.0. The van der Waals surface area contributed by atoms with Crippen LogP contribution in [0.1, 0.15) is 18.5 Å². The predicted molar refractivity (Wildman–Crippen MR) is 105 cm³/mol. The van der Waals surface area contributed by atoms with E-state index in [0.717, 1.165) is 5.69 Å². The van der Waals surface area contributed by atoms with Crippen molar-refractivity contribution in [1.82, 2.24) is 10.2 Å². The van der Waals surface area contributed by atoms with Crippen molar-refractivity contribution in [3.8, 4) is 0 Å². The predicted octanol–water partition coefficient (Wildman–Crippen LogP) is 3.76. The first-order valence-electron chi connectivity index (χ1n) is 8.35. The molecule has 1 heterocycles. The first-order chi connectivity index (χ1) is 12.8. The lowest BCUT2D eigenvalue weighted by atomic mass is 9.93. The Morgan fingerprint density at radius 2 is 1.67 bits per heavy atom. The smallest absolute Gasteiger partial charge is 0.253 e. The Morgan fingerprint density at radius 1 is 1.07 bits per heavy atom. The van der Waals surface area contributed by atoms with Crippen molar-refractivity contribution in [2.24, 2.45) is 0 Å². The van der Waals surface area contributed by atoms with Crippen molar-refractivity contribution < 1.29 is 13.6 Å². The third-order valence-electron chi connectivity index (χ3n) is 4.42. The van der Waals surface area contributed by atoms with Crippen LogP contribution < -0.4 is 10.2 Å². The quantitative estimate of drug-likeness (QED) is 0.814. The molecule has 0 saturated carbocycles. The van der Waals surface area contributed by atoms with Crippen LogP contribution in [0.2, 0.25) is 0 Å². The van der Waals surface area contributed by atoms with E-state index in [1.165, 1.54) is 23.1 Å². The highest BCUT2D eigenvalue weighted by Gasteiger charge is 2.37. The highest BCUT2D eigenvalue weighted by molar-refractivity contribution is 7.80. The average Bonchev–Trinajstić information content (AvgIpc) is 2.62. The van der Waals surface area contributed by atoms with Gasteiger partial charge >= 0.3 is 0 Å². The highest BCUT2D eigenvalue weighted by atomic mass is 32.1. The second-order valence-electron chi connectivity index (χ2n) is 6.39. The molecule has 2 aromatic carbocycles. The van der Waals surface area contributed by atoms with Gasteiger partial charge in [-0.3, -0.25) is 9.69 Å². The maximum absolute atomic E-state index is 14.5. The Bertz CT molecular complexity index is 908. The lowest BCUT2D eigenvalue weighted by Gasteiger charge is -2.38. The largest absolute Gasteiger partial charge is 0.351 e. The number of benzene rings is 2. The molecule has 3 rings (SSSR count). The van der Waals surface area contributed by atoms with Gasteiger partial charge < -0.3 is 10.2 Å². The summed E-state index contributed by atoms with van der Waals surface area (Å²) in [4.78, 5) is 16.0. The molecule has 1 aliphatic rings. The molecule has 2 aromatic rings. The van der Waals surface area contributed by atoms with Crippen molar-refractivity contribution in [3.05, 3.63) is 77.0 Å². The minimum absolute atomic E-state index is 0.225. The summed E-state index contributed by atoms with van der Waals surface area (Å²) in [5.41, 5.74) is 1.29. The third-order valence-corrected chi connectivity index (χ3v) is 4.72. The van der Waals surface area contributed by atoms with E-state index in [0.29, 0.717) is 5.70 Å². The van der Waals surface area contributed by atoms with E-state index < -0.39 is 17.7 Å². The molecule has 1 N–H and O–H groups in total. The molecule has 4 nitrogen and oxygen atoms in total. The van der Waals surface area contributed by atoms with Crippen LogP contribution in [-0.4, -0.2) is 30.0 Å². The van der Waals surface area contributed by atoms with Crippen molar-refractivity contribution in [1.29, 1.82) is 0 Å². The lowest BCUT2D eigenvalue weighted by molar-refractivity contribution is -0.125. The molecular weight excluding hydrogens is 368 g/mol. The number of nitrogens with one attached hydrogen (secondary N) is 1. The molecule has 1 amide bonds. The van der Waals surface area contributed by atoms with Crippen molar-refractivity contribution in [2.45, 2.75) is 13.0 Å². The number of halogens is 2. The topological polar surface area (TPSA) is 35.6 Å². The van der Waals surface area contributed by atoms with E-state index >= 15 is 0 Å². The number of likely N-dealkylation sites (N-methyl/N-ethyl adjacent to an activating group) is 1. The van der Waals surface area contributed by atoms with E-state index in [2.05, 4.69) is 5.32 Å². The number of rotatable bonds is 3. The van der Waals surface area contributed by atoms with Crippen molar-refractivity contribution in [3.63, 3.8) is 0 Å². The summed E-state index contributed by atoms with van der Waals surface area (Å²) in [6, 6.07) is 11.9. The number of carbonyl (C=O) groups is 1. The molecule has 7 heteroatoms. The average molecular weight is 387 g/mol. The Labute approximate surface area is 162 Å². The van der Waals surface area contributed by atoms with Gasteiger partial charge in [0.05, 0.1) is 17.2 Å². The summed E-state index contributed by atoms with van der Waals surface area (Å²) >= 11 is 5.47. The van der Waals surface area contributed by atoms with E-state index in [1.807, 2.05) is 30.3 Å². The summed E-state index contributed by atoms with van der Waals surface area (Å²) in [5.74, 6) is -1.82. The maximum Gasteiger partial charge on any atom is 0.253 e. The zero-order valence-corrected chi connectivity index (χ0v) is 16.0. The maximum atomic E-state index is 14.5. The molecule has 27 heavy (non-hydrogen) atoms. The van der Waals surface area contributed by atoms with Crippen LogP contribution in [0.5, 0.6) is 0 Å². The summed E-state index contributed by atoms with van der Waals surface area (Å²) in [6.45, 7) is 1.72. The molecule has 1 atom stereocenters. The molecule has 0 fully saturated rings. The molecule has 0 bridgehead atoms. The molecule has 0 spiro atoms. The molecule has 140 valence electrons. The van der Waals surface area contributed by atoms with E-state index in [1.54, 1.807) is 25.9 Å². The summed E-state index contributed by atoms with van der Waals surface area (Å²) in [5, 5.41) is 3.22. The molecule has 0 saturated heterocycles. The van der Waals surface area contributed by atoms with Gasteiger partial charge in [-0.1, -0.05) is 24.3 Å². The SMILES string of the molecule is CC1=C(C(=O)N(C)C)C(c2c(F)cccc2F)NC(=S)N1c1ccccc1. The summed E-state index contributed by atoms with van der Waals surface area (Å²) in [6.07, 6.45) is 0. The van der Waals surface area contributed by atoms with Crippen LogP contribution in [0.3, 0.4) is 0 Å². The minimum atomic E-state index is -1.02. The fourth-order valence-corrected chi connectivity index (χ4v) is 3.51. The van der Waals surface area contributed by atoms with Crippen molar-refractivity contribution in [2.75, 3.05) is 19.0 Å². The Morgan fingerprint density at radius 3 is 2.22 bits per heavy atom. The molecule has 0 aliphatic carbocycles. The van der Waals surface area contributed by atoms with Crippen molar-refractivity contribution >= 4 is 28.9 Å². The fourth-order valence-electron chi connectivity index (χ4n) is 3.15. The normalized spacial score (nSPS) is 17.0. The highest BCUT2D eigenvalue weighted by Crippen LogP contribution is 2.36. The zero-order valence-electron chi connectivity index (χ0n) is 15.2. The van der Waals surface area contributed by atoms with Crippen LogP contribution in [0.15, 0.2) is 59.8 Å². The second-order valence-corrected chi connectivity index (χ2v) is 6.77. The van der Waals surface area contributed by atoms with Gasteiger partial charge in [0, 0.05) is 25.5 Å². The molecule has 1 aliphatic heterocycles. The van der Waals surface area contributed by atoms with Gasteiger partial charge in [0.15, 0.2) is 5.11 Å². The number of anilines is 1. The van der Waals surface area contributed by atoms with Gasteiger partial charge in [-0.2, -0.15) is 0 Å². The van der Waals surface area contributed by atoms with Crippen LogP contribution >= 0.6 is 12.2 Å². The Hall–Kier alpha value is -2.80. The number of nitrogens with zero attached hydrogens (tertiary/aromatic N) is 2. The zero-order chi connectivity index (χ0) is 19.7. The number of hydrogen-bond donors (Lipinski definition) is 1. The van der Waals surface area contributed by atoms with Gasteiger partial charge in [-0.05, 0) is 43.4 Å². The molecule has 0 radical (unpaired) electrons. The van der Waals surface area contributed by atoms with E-state index in [-0.39, 0.29) is 22.2 Å². The lowest BCUT2D eigenvalue weighted by Crippen LogP contribution is -2.49. The van der Waals surface area contributed by atoms with Gasteiger partial charge in [0.2, 0.25) is 0 Å². The Kier molecular flexibility index (Phi) is 5.23. The molecule has 0 aromatic heterocycles. The van der Waals surface area contributed by atoms with Gasteiger partial charge in [-0.15, -0.1) is 0 Å². The number of amides is 1. The minimum Gasteiger partial charge on any atom is -0.351 e. The standard InChI is InChI=1S/C20H19F2N3OS/c1-12-16(19(26)24(2)3)18(17-14(21)10-7-11-15(17)22)23-20(27)25(12)13-8-5-4-6-9-13/h4-11,18H,1-3H3,(H,23,27). The van der Waals surface area contributed by atoms with Crippen LogP contribution in [0.4, 0.5) is 14.5 Å². The van der Waals surface area contributed by atoms with Gasteiger partial charge in [-0.25, -0.2) is 8.78 Å². The number of carbonyl (C=O) groups excluding carboxylic acids is 1. The van der Waals surface area contributed by atoms with Crippen LogP contribution in [0, 0.1) is 11.6 Å². The monoisotopic (exact) mass is 387 g/mol. The van der Waals surface area contributed by atoms with Crippen LogP contribution in [-0.2, 0) is 4.79 Å². The molecular formula is C20H19F2N3OS. The van der Waals surface area contributed by atoms with Gasteiger partial charge in [0.1, 0.15) is 11.6 Å². The fraction of sp³-hybridized carbons (Fsp3) is 0.200. The summed E-state index contributed by atoms with van der Waals surface area (Å²) in [7, 11) is 3.19. The third kappa shape index (κ3) is 3.42. The Balaban J connectivity index is 2.23. The van der Waals surface area contributed by atoms with Gasteiger partial charge in [0.25, 0.3) is 5.91 Å². The number of para-hydroxylation sites is 1. The second kappa shape index (κ2) is 7.44. The first-order valence-corrected chi connectivity index (χ1v) is 8.75. The summed E-state index contributed by atoms with van der Waals surface area (Å²) < 4.78 is 28.9. The van der Waals surface area contributed by atoms with Crippen LogP contribution in [0.25, 0.3) is 0 Å². The number of thiocarbonyl (C=S) groups is 1. The molecule has 1 unspecified atom stereocenters. The number of allylic oxidation sites excluding steroid dienone is 1. The number of hydrogen-bond acceptors (Lipinski definition) is 2. The van der Waals surface area contributed by atoms with E-state index in [9.17, 15) is 13.6 Å². The van der Waals surface area contributed by atoms with E-state index in [4.69, 9.17) is 12.2 Å².